The van der Waals surface area contributed by atoms with E-state index in [1.807, 2.05) is 0 Å². The predicted octanol–water partition coefficient (Wildman–Crippen LogP) is 6.65. The van der Waals surface area contributed by atoms with E-state index in [1.54, 1.807) is 0 Å². The van der Waals surface area contributed by atoms with Crippen LogP contribution in [0.2, 0.25) is 12.1 Å². The second-order valence-electron chi connectivity index (χ2n) is 8.19. The van der Waals surface area contributed by atoms with Crippen LogP contribution in [-0.2, 0) is 0 Å². The molecule has 116 valence electrons. The fraction of sp³-hybridized carbons (Fsp3) is 1.00. The molecule has 0 heterocycles. The largest absolute Gasteiger partial charge is 0.254 e. The Balaban J connectivity index is 1.68. The van der Waals surface area contributed by atoms with Gasteiger partial charge in [-0.05, 0) is 35.4 Å². The minimum Gasteiger partial charge on any atom is -0.195 e. The summed E-state index contributed by atoms with van der Waals surface area (Å²) in [7, 11) is 0. The number of rotatable bonds is 8. The molecule has 0 aromatic carbocycles. The van der Waals surface area contributed by atoms with E-state index in [1.165, 1.54) is 57.7 Å². The number of halogens is 1. The highest BCUT2D eigenvalue weighted by molar-refractivity contribution is 7.07. The van der Waals surface area contributed by atoms with E-state index in [-0.39, 0.29) is 0 Å². The zero-order valence-electron chi connectivity index (χ0n) is 14.1. The Hall–Kier alpha value is 0.355. The second-order valence-corrected chi connectivity index (χ2v) is 8.75. The van der Waals surface area contributed by atoms with E-state index in [9.17, 15) is 0 Å². The second kappa shape index (κ2) is 7.08. The van der Waals surface area contributed by atoms with Crippen molar-refractivity contribution in [3.63, 3.8) is 0 Å². The van der Waals surface area contributed by atoms with Crippen molar-refractivity contribution in [2.45, 2.75) is 91.2 Å². The molecule has 3 fully saturated rings. The van der Waals surface area contributed by atoms with Crippen LogP contribution in [0, 0.1) is 23.2 Å². The Bertz CT molecular complexity index is 302. The highest BCUT2D eigenvalue weighted by Crippen LogP contribution is 2.65. The van der Waals surface area contributed by atoms with E-state index in [0.29, 0.717) is 11.5 Å². The van der Waals surface area contributed by atoms with Crippen LogP contribution in [0.15, 0.2) is 0 Å². The zero-order valence-corrected chi connectivity index (χ0v) is 14.9. The summed E-state index contributed by atoms with van der Waals surface area (Å²) in [6.45, 7) is 9.72. The third-order valence-corrected chi connectivity index (χ3v) is 7.25. The molecule has 20 heavy (non-hydrogen) atoms. The number of hydrogen-bond donors (Lipinski definition) is 0. The summed E-state index contributed by atoms with van der Waals surface area (Å²) >= 11 is 6.77. The summed E-state index contributed by atoms with van der Waals surface area (Å²) in [6, 6.07) is 0. The fourth-order valence-corrected chi connectivity index (χ4v) is 5.49. The lowest BCUT2D eigenvalue weighted by atomic mass is 9.36. The number of fused-ring (bicyclic) bond motifs is 2. The maximum atomic E-state index is 6.77. The minimum atomic E-state index is 0.442. The van der Waals surface area contributed by atoms with Gasteiger partial charge >= 0.3 is 0 Å². The van der Waals surface area contributed by atoms with Crippen molar-refractivity contribution >= 4 is 17.6 Å². The molecule has 2 unspecified atom stereocenters. The molecule has 3 rings (SSSR count). The van der Waals surface area contributed by atoms with Crippen LogP contribution in [0.25, 0.3) is 0 Å². The average molecular weight is 297 g/mol. The molecule has 0 aromatic heterocycles. The van der Waals surface area contributed by atoms with Gasteiger partial charge in [-0.1, -0.05) is 79.0 Å². The molecule has 0 amide bonds. The van der Waals surface area contributed by atoms with Crippen LogP contribution in [0.1, 0.15) is 79.1 Å². The monoisotopic (exact) mass is 296 g/mol. The first-order valence-electron chi connectivity index (χ1n) is 9.12. The van der Waals surface area contributed by atoms with Gasteiger partial charge in [0.05, 0.1) is 0 Å². The lowest BCUT2D eigenvalue weighted by molar-refractivity contribution is -0.0988. The van der Waals surface area contributed by atoms with Crippen molar-refractivity contribution in [2.75, 3.05) is 0 Å². The zero-order chi connectivity index (χ0) is 14.8. The molecule has 0 aliphatic heterocycles. The third-order valence-electron chi connectivity index (χ3n) is 6.71. The summed E-state index contributed by atoms with van der Waals surface area (Å²) in [4.78, 5) is 0. The molecular formula is C18H34BCl. The van der Waals surface area contributed by atoms with Gasteiger partial charge in [0.25, 0.3) is 6.13 Å². The Morgan fingerprint density at radius 3 is 2.30 bits per heavy atom. The third kappa shape index (κ3) is 3.39. The van der Waals surface area contributed by atoms with E-state index in [0.717, 1.165) is 23.6 Å². The molecule has 0 nitrogen and oxygen atoms in total. The maximum absolute atomic E-state index is 6.77. The molecule has 0 spiro atoms. The topological polar surface area (TPSA) is 0 Å². The summed E-state index contributed by atoms with van der Waals surface area (Å²) in [5.74, 6) is 3.54. The summed E-state index contributed by atoms with van der Waals surface area (Å²) in [5, 5.41) is 0. The summed E-state index contributed by atoms with van der Waals surface area (Å²) < 4.78 is 0. The first-order valence-corrected chi connectivity index (χ1v) is 9.56. The van der Waals surface area contributed by atoms with Crippen LogP contribution >= 0.6 is 11.5 Å². The molecule has 3 aliphatic rings. The van der Waals surface area contributed by atoms with E-state index in [2.05, 4.69) is 27.7 Å². The molecule has 0 saturated heterocycles. The van der Waals surface area contributed by atoms with Crippen molar-refractivity contribution in [3.05, 3.63) is 0 Å². The quantitative estimate of drug-likeness (QED) is 0.347. The molecule has 3 saturated carbocycles. The number of hydrogen-bond acceptors (Lipinski definition) is 0. The number of unbranched alkanes of at least 4 members (excludes halogenated alkanes) is 5. The van der Waals surface area contributed by atoms with Gasteiger partial charge in [-0.15, -0.1) is 0 Å². The first-order chi connectivity index (χ1) is 9.48. The van der Waals surface area contributed by atoms with E-state index < -0.39 is 0 Å². The molecular weight excluding hydrogens is 262 g/mol. The normalized spacial score (nSPS) is 34.6. The van der Waals surface area contributed by atoms with Gasteiger partial charge in [-0.25, -0.2) is 0 Å². The predicted molar refractivity (Wildman–Crippen MR) is 92.7 cm³/mol. The lowest BCUT2D eigenvalue weighted by Gasteiger charge is -2.62. The van der Waals surface area contributed by atoms with Gasteiger partial charge in [0, 0.05) is 0 Å². The van der Waals surface area contributed by atoms with Crippen molar-refractivity contribution in [2.24, 2.45) is 23.2 Å². The average Bonchev–Trinajstić information content (AvgIpc) is 2.41. The minimum absolute atomic E-state index is 0.442. The van der Waals surface area contributed by atoms with Crippen LogP contribution in [-0.4, -0.2) is 6.13 Å². The van der Waals surface area contributed by atoms with Crippen LogP contribution in [0.5, 0.6) is 0 Å². The summed E-state index contributed by atoms with van der Waals surface area (Å²) in [5.41, 5.74) is 0.604. The first kappa shape index (κ1) is 16.7. The van der Waals surface area contributed by atoms with Gasteiger partial charge in [0.15, 0.2) is 0 Å². The van der Waals surface area contributed by atoms with Crippen LogP contribution in [0.4, 0.5) is 0 Å². The SMILES string of the molecule is CCCCCCCCB(Cl)C1C[C@@H]2C[C@H](C1C)C2(C)C. The van der Waals surface area contributed by atoms with Gasteiger partial charge < -0.3 is 0 Å². The Morgan fingerprint density at radius 2 is 1.70 bits per heavy atom. The smallest absolute Gasteiger partial charge is 0.195 e. The van der Waals surface area contributed by atoms with Crippen LogP contribution < -0.4 is 0 Å². The Kier molecular flexibility index (Phi) is 5.92. The molecule has 3 aliphatic carbocycles. The highest BCUT2D eigenvalue weighted by Gasteiger charge is 2.57. The molecule has 0 aromatic rings. The van der Waals surface area contributed by atoms with Gasteiger partial charge in [0.2, 0.25) is 0 Å². The van der Waals surface area contributed by atoms with Crippen LogP contribution in [0.3, 0.4) is 0 Å². The van der Waals surface area contributed by atoms with Gasteiger partial charge in [-0.3, -0.25) is 0 Å². The van der Waals surface area contributed by atoms with Crippen molar-refractivity contribution in [1.82, 2.24) is 0 Å². The Morgan fingerprint density at radius 1 is 1.05 bits per heavy atom. The van der Waals surface area contributed by atoms with E-state index in [4.69, 9.17) is 11.5 Å². The fourth-order valence-electron chi connectivity index (χ4n) is 5.00. The lowest BCUT2D eigenvalue weighted by Crippen LogP contribution is -2.55. The molecule has 2 heteroatoms. The molecule has 0 radical (unpaired) electrons. The molecule has 2 bridgehead atoms. The summed E-state index contributed by atoms with van der Waals surface area (Å²) in [6.07, 6.45) is 12.9. The van der Waals surface area contributed by atoms with E-state index >= 15 is 0 Å². The standard InChI is InChI=1S/C18H34BCl/c1-5-6-7-8-9-10-11-19(20)17-13-15-12-16(14(17)2)18(15,3)4/h14-17H,5-13H2,1-4H3/t14?,15-,16+,17?/m0/s1. The molecule has 0 N–H and O–H groups in total. The highest BCUT2D eigenvalue weighted by atomic mass is 35.5. The van der Waals surface area contributed by atoms with Gasteiger partial charge in [-0.2, -0.15) is 11.5 Å². The van der Waals surface area contributed by atoms with Crippen molar-refractivity contribution in [3.8, 4) is 0 Å². The Labute approximate surface area is 132 Å². The maximum Gasteiger partial charge on any atom is 0.254 e. The van der Waals surface area contributed by atoms with Crippen molar-refractivity contribution < 1.29 is 0 Å². The molecule has 4 atom stereocenters. The van der Waals surface area contributed by atoms with Gasteiger partial charge in [0.1, 0.15) is 0 Å². The van der Waals surface area contributed by atoms with Crippen molar-refractivity contribution in [1.29, 1.82) is 0 Å².